The Hall–Kier alpha value is -1.32. The number of ether oxygens (including phenoxy) is 2. The quantitative estimate of drug-likeness (QED) is 0.429. The third-order valence-electron chi connectivity index (χ3n) is 3.84. The molecule has 0 fully saturated rings. The topological polar surface area (TPSA) is 52.6 Å². The van der Waals surface area contributed by atoms with Crippen LogP contribution in [-0.4, -0.2) is 25.2 Å². The van der Waals surface area contributed by atoms with Gasteiger partial charge in [0.05, 0.1) is 19.1 Å². The second kappa shape index (κ2) is 15.2. The summed E-state index contributed by atoms with van der Waals surface area (Å²) in [7, 11) is 0. The maximum atomic E-state index is 11.2. The van der Waals surface area contributed by atoms with Gasteiger partial charge in [-0.05, 0) is 32.1 Å². The van der Waals surface area contributed by atoms with Crippen molar-refractivity contribution in [2.75, 3.05) is 13.2 Å². The van der Waals surface area contributed by atoms with Gasteiger partial charge in [-0.25, -0.2) is 4.79 Å². The maximum Gasteiger partial charge on any atom is 0.330 e. The van der Waals surface area contributed by atoms with Crippen LogP contribution >= 0.6 is 0 Å². The predicted octanol–water partition coefficient (Wildman–Crippen LogP) is 5.16. The molecule has 0 aliphatic heterocycles. The highest BCUT2D eigenvalue weighted by molar-refractivity contribution is 5.82. The number of carbonyl (C=O) groups excluding carboxylic acids is 2. The van der Waals surface area contributed by atoms with Crippen LogP contribution in [0.3, 0.4) is 0 Å². The van der Waals surface area contributed by atoms with Gasteiger partial charge in [-0.15, -0.1) is 0 Å². The fourth-order valence-corrected chi connectivity index (χ4v) is 1.27. The molecular formula is C20H38O4. The summed E-state index contributed by atoms with van der Waals surface area (Å²) in [6.07, 6.45) is 4.48. The minimum absolute atomic E-state index is 0.0501. The monoisotopic (exact) mass is 342 g/mol. The van der Waals surface area contributed by atoms with E-state index in [9.17, 15) is 9.59 Å². The minimum Gasteiger partial charge on any atom is -0.465 e. The van der Waals surface area contributed by atoms with Crippen LogP contribution < -0.4 is 0 Å². The highest BCUT2D eigenvalue weighted by Crippen LogP contribution is 2.06. The lowest BCUT2D eigenvalue weighted by atomic mass is 10.1. The highest BCUT2D eigenvalue weighted by atomic mass is 16.5. The molecule has 0 aromatic carbocycles. The van der Waals surface area contributed by atoms with E-state index in [1.807, 2.05) is 27.7 Å². The number of carbonyl (C=O) groups is 2. The first kappa shape index (κ1) is 24.9. The summed E-state index contributed by atoms with van der Waals surface area (Å²) < 4.78 is 10.1. The Morgan fingerprint density at radius 3 is 1.67 bits per heavy atom. The van der Waals surface area contributed by atoms with Gasteiger partial charge in [0.15, 0.2) is 0 Å². The molecule has 3 atom stereocenters. The molecule has 24 heavy (non-hydrogen) atoms. The second-order valence-corrected chi connectivity index (χ2v) is 6.82. The molecule has 4 heteroatoms. The van der Waals surface area contributed by atoms with Crippen molar-refractivity contribution in [1.82, 2.24) is 0 Å². The molecular weight excluding hydrogens is 304 g/mol. The zero-order valence-electron chi connectivity index (χ0n) is 17.0. The van der Waals surface area contributed by atoms with Crippen LogP contribution in [0.25, 0.3) is 0 Å². The second-order valence-electron chi connectivity index (χ2n) is 6.82. The van der Waals surface area contributed by atoms with Crippen LogP contribution in [-0.2, 0) is 19.1 Å². The van der Waals surface area contributed by atoms with Crippen molar-refractivity contribution < 1.29 is 19.1 Å². The molecule has 142 valence electrons. The molecule has 0 heterocycles. The summed E-state index contributed by atoms with van der Waals surface area (Å²) in [6, 6.07) is 0. The summed E-state index contributed by atoms with van der Waals surface area (Å²) >= 11 is 0. The fraction of sp³-hybridized carbons (Fsp3) is 0.800. The Bertz CT molecular complexity index is 370. The van der Waals surface area contributed by atoms with Gasteiger partial charge in [0.1, 0.15) is 0 Å². The van der Waals surface area contributed by atoms with Gasteiger partial charge >= 0.3 is 11.9 Å². The average molecular weight is 343 g/mol. The number of rotatable bonds is 9. The molecule has 0 radical (unpaired) electrons. The van der Waals surface area contributed by atoms with E-state index in [0.29, 0.717) is 25.0 Å². The van der Waals surface area contributed by atoms with Crippen LogP contribution in [0.1, 0.15) is 74.7 Å². The Morgan fingerprint density at radius 1 is 0.833 bits per heavy atom. The van der Waals surface area contributed by atoms with Crippen LogP contribution in [0.2, 0.25) is 0 Å². The van der Waals surface area contributed by atoms with E-state index in [0.717, 1.165) is 24.8 Å². The van der Waals surface area contributed by atoms with Crippen molar-refractivity contribution in [2.45, 2.75) is 74.7 Å². The SMILES string of the molecule is CCC(C)COC(=O)C(C)CC.CCC(C)COC(=O)C=C(C)C. The van der Waals surface area contributed by atoms with Gasteiger partial charge < -0.3 is 9.47 Å². The predicted molar refractivity (Wildman–Crippen MR) is 99.7 cm³/mol. The molecule has 3 unspecified atom stereocenters. The molecule has 0 aromatic rings. The van der Waals surface area contributed by atoms with E-state index in [1.54, 1.807) is 0 Å². The summed E-state index contributed by atoms with van der Waals surface area (Å²) in [5, 5.41) is 0. The van der Waals surface area contributed by atoms with Gasteiger partial charge in [-0.3, -0.25) is 4.79 Å². The van der Waals surface area contributed by atoms with Crippen molar-refractivity contribution in [2.24, 2.45) is 17.8 Å². The van der Waals surface area contributed by atoms with Gasteiger partial charge in [0.25, 0.3) is 0 Å². The standard InChI is InChI=1S/C10H18O2.C10H20O2/c1-5-9(4)7-12-10(11)6-8(2)3;1-5-8(3)7-12-10(11)9(4)6-2/h6,9H,5,7H2,1-4H3;8-9H,5-7H2,1-4H3. The molecule has 0 saturated carbocycles. The van der Waals surface area contributed by atoms with Gasteiger partial charge in [-0.1, -0.05) is 60.0 Å². The lowest BCUT2D eigenvalue weighted by Gasteiger charge is -2.12. The van der Waals surface area contributed by atoms with E-state index in [-0.39, 0.29) is 17.9 Å². The van der Waals surface area contributed by atoms with Crippen molar-refractivity contribution in [3.63, 3.8) is 0 Å². The summed E-state index contributed by atoms with van der Waals surface area (Å²) in [6.45, 7) is 17.1. The Kier molecular flexibility index (Phi) is 15.8. The molecule has 0 aliphatic rings. The molecule has 0 spiro atoms. The van der Waals surface area contributed by atoms with Crippen molar-refractivity contribution in [3.05, 3.63) is 11.6 Å². The summed E-state index contributed by atoms with van der Waals surface area (Å²) in [5.74, 6) is 0.708. The molecule has 4 nitrogen and oxygen atoms in total. The Morgan fingerprint density at radius 2 is 1.29 bits per heavy atom. The van der Waals surface area contributed by atoms with E-state index < -0.39 is 0 Å². The molecule has 0 saturated heterocycles. The van der Waals surface area contributed by atoms with Crippen LogP contribution in [0, 0.1) is 17.8 Å². The van der Waals surface area contributed by atoms with Crippen molar-refractivity contribution in [1.29, 1.82) is 0 Å². The Balaban J connectivity index is 0. The number of esters is 2. The normalized spacial score (nSPS) is 13.7. The minimum atomic E-state index is -0.227. The van der Waals surface area contributed by atoms with Gasteiger partial charge in [-0.2, -0.15) is 0 Å². The lowest BCUT2D eigenvalue weighted by molar-refractivity contribution is -0.149. The van der Waals surface area contributed by atoms with Crippen LogP contribution in [0.5, 0.6) is 0 Å². The largest absolute Gasteiger partial charge is 0.465 e. The molecule has 0 amide bonds. The summed E-state index contributed by atoms with van der Waals surface area (Å²) in [5.41, 5.74) is 0.976. The highest BCUT2D eigenvalue weighted by Gasteiger charge is 2.12. The first-order valence-electron chi connectivity index (χ1n) is 9.15. The third-order valence-corrected chi connectivity index (χ3v) is 3.84. The third kappa shape index (κ3) is 15.6. The zero-order chi connectivity index (χ0) is 19.1. The smallest absolute Gasteiger partial charge is 0.330 e. The van der Waals surface area contributed by atoms with Crippen molar-refractivity contribution in [3.8, 4) is 0 Å². The molecule has 0 bridgehead atoms. The lowest BCUT2D eigenvalue weighted by Crippen LogP contribution is -2.17. The van der Waals surface area contributed by atoms with Gasteiger partial charge in [0, 0.05) is 6.08 Å². The first-order valence-corrected chi connectivity index (χ1v) is 9.15. The van der Waals surface area contributed by atoms with Crippen molar-refractivity contribution >= 4 is 11.9 Å². The first-order chi connectivity index (χ1) is 11.2. The average Bonchev–Trinajstić information content (AvgIpc) is 2.56. The zero-order valence-corrected chi connectivity index (χ0v) is 17.0. The van der Waals surface area contributed by atoms with E-state index in [1.165, 1.54) is 6.08 Å². The molecule has 0 aliphatic carbocycles. The fourth-order valence-electron chi connectivity index (χ4n) is 1.27. The number of allylic oxidation sites excluding steroid dienone is 1. The van der Waals surface area contributed by atoms with Crippen LogP contribution in [0.4, 0.5) is 0 Å². The van der Waals surface area contributed by atoms with E-state index >= 15 is 0 Å². The summed E-state index contributed by atoms with van der Waals surface area (Å²) in [4.78, 5) is 22.1. The van der Waals surface area contributed by atoms with Gasteiger partial charge in [0.2, 0.25) is 0 Å². The Labute approximate surface area is 149 Å². The molecule has 0 aromatic heterocycles. The van der Waals surface area contributed by atoms with E-state index in [4.69, 9.17) is 9.47 Å². The maximum absolute atomic E-state index is 11.2. The number of hydrogen-bond donors (Lipinski definition) is 0. The molecule has 0 N–H and O–H groups in total. The van der Waals surface area contributed by atoms with Crippen LogP contribution in [0.15, 0.2) is 11.6 Å². The number of hydrogen-bond acceptors (Lipinski definition) is 4. The molecule has 0 rings (SSSR count). The van der Waals surface area contributed by atoms with E-state index in [2.05, 4.69) is 27.7 Å².